The van der Waals surface area contributed by atoms with Crippen LogP contribution in [0.4, 0.5) is 5.69 Å². The molecule has 0 atom stereocenters. The van der Waals surface area contributed by atoms with E-state index in [0.29, 0.717) is 16.5 Å². The summed E-state index contributed by atoms with van der Waals surface area (Å²) in [6.45, 7) is 0.279. The van der Waals surface area contributed by atoms with Gasteiger partial charge in [-0.1, -0.05) is 29.8 Å². The zero-order valence-electron chi connectivity index (χ0n) is 15.1. The third-order valence-corrected chi connectivity index (χ3v) is 4.38. The summed E-state index contributed by atoms with van der Waals surface area (Å²) in [5, 5.41) is 6.11. The van der Waals surface area contributed by atoms with Gasteiger partial charge in [0.2, 0.25) is 0 Å². The molecule has 1 aromatic heterocycles. The van der Waals surface area contributed by atoms with Crippen LogP contribution in [0.1, 0.15) is 26.3 Å². The number of hydrogen-bond donors (Lipinski definition) is 2. The lowest BCUT2D eigenvalue weighted by Crippen LogP contribution is -2.23. The first-order valence-electron chi connectivity index (χ1n) is 8.49. The van der Waals surface area contributed by atoms with Gasteiger partial charge < -0.3 is 15.4 Å². The first-order chi connectivity index (χ1) is 13.6. The molecule has 0 spiro atoms. The van der Waals surface area contributed by atoms with Gasteiger partial charge in [0, 0.05) is 29.6 Å². The Morgan fingerprint density at radius 3 is 2.36 bits per heavy atom. The number of amides is 2. The molecule has 0 fully saturated rings. The van der Waals surface area contributed by atoms with Crippen LogP contribution in [0.2, 0.25) is 5.02 Å². The lowest BCUT2D eigenvalue weighted by Gasteiger charge is -2.09. The highest BCUT2D eigenvalue weighted by atomic mass is 35.5. The van der Waals surface area contributed by atoms with E-state index in [1.165, 1.54) is 18.5 Å². The quantitative estimate of drug-likeness (QED) is 0.662. The zero-order valence-corrected chi connectivity index (χ0v) is 15.9. The summed E-state index contributed by atoms with van der Waals surface area (Å²) in [7, 11) is 1.57. The van der Waals surface area contributed by atoms with E-state index in [0.717, 1.165) is 5.56 Å². The van der Waals surface area contributed by atoms with Crippen LogP contribution in [-0.4, -0.2) is 23.9 Å². The summed E-state index contributed by atoms with van der Waals surface area (Å²) >= 11 is 6.09. The number of anilines is 1. The Hall–Kier alpha value is -3.38. The van der Waals surface area contributed by atoms with Crippen LogP contribution < -0.4 is 15.4 Å². The summed E-state index contributed by atoms with van der Waals surface area (Å²) in [5.41, 5.74) is 1.98. The van der Waals surface area contributed by atoms with E-state index in [-0.39, 0.29) is 29.5 Å². The van der Waals surface area contributed by atoms with Crippen molar-refractivity contribution < 1.29 is 14.3 Å². The fraction of sp³-hybridized carbons (Fsp3) is 0.0952. The Bertz CT molecular complexity index is 990. The van der Waals surface area contributed by atoms with Crippen LogP contribution in [0.5, 0.6) is 5.75 Å². The van der Waals surface area contributed by atoms with E-state index in [9.17, 15) is 9.59 Å². The van der Waals surface area contributed by atoms with Crippen molar-refractivity contribution in [3.8, 4) is 5.75 Å². The molecule has 142 valence electrons. The van der Waals surface area contributed by atoms with Gasteiger partial charge in [-0.2, -0.15) is 0 Å². The maximum Gasteiger partial charge on any atom is 0.257 e. The normalized spacial score (nSPS) is 10.2. The second kappa shape index (κ2) is 9.01. The average molecular weight is 396 g/mol. The second-order valence-electron chi connectivity index (χ2n) is 5.92. The Morgan fingerprint density at radius 2 is 1.68 bits per heavy atom. The molecular weight excluding hydrogens is 378 g/mol. The maximum atomic E-state index is 12.4. The molecule has 0 bridgehead atoms. The minimum absolute atomic E-state index is 0.279. The molecule has 0 aliphatic carbocycles. The van der Waals surface area contributed by atoms with E-state index in [1.54, 1.807) is 37.4 Å². The predicted molar refractivity (Wildman–Crippen MR) is 108 cm³/mol. The van der Waals surface area contributed by atoms with Gasteiger partial charge in [-0.3, -0.25) is 14.6 Å². The van der Waals surface area contributed by atoms with Crippen molar-refractivity contribution in [3.63, 3.8) is 0 Å². The van der Waals surface area contributed by atoms with Crippen molar-refractivity contribution in [2.75, 3.05) is 12.4 Å². The summed E-state index contributed by atoms with van der Waals surface area (Å²) in [4.78, 5) is 28.8. The van der Waals surface area contributed by atoms with Gasteiger partial charge in [0.25, 0.3) is 11.8 Å². The van der Waals surface area contributed by atoms with Crippen LogP contribution in [0.15, 0.2) is 67.0 Å². The van der Waals surface area contributed by atoms with Crippen LogP contribution in [0, 0.1) is 0 Å². The number of ether oxygens (including phenoxy) is 1. The molecule has 6 nitrogen and oxygen atoms in total. The van der Waals surface area contributed by atoms with Gasteiger partial charge in [-0.15, -0.1) is 0 Å². The van der Waals surface area contributed by atoms with E-state index in [1.807, 2.05) is 18.2 Å². The van der Waals surface area contributed by atoms with Gasteiger partial charge in [-0.05, 0) is 42.0 Å². The highest BCUT2D eigenvalue weighted by Gasteiger charge is 2.12. The third kappa shape index (κ3) is 4.86. The highest BCUT2D eigenvalue weighted by molar-refractivity contribution is 6.31. The smallest absolute Gasteiger partial charge is 0.257 e. The summed E-state index contributed by atoms with van der Waals surface area (Å²) in [5.74, 6) is -0.0122. The van der Waals surface area contributed by atoms with E-state index in [2.05, 4.69) is 15.6 Å². The average Bonchev–Trinajstić information content (AvgIpc) is 2.73. The fourth-order valence-corrected chi connectivity index (χ4v) is 2.69. The van der Waals surface area contributed by atoms with Crippen LogP contribution in [0.3, 0.4) is 0 Å². The molecule has 28 heavy (non-hydrogen) atoms. The van der Waals surface area contributed by atoms with Crippen molar-refractivity contribution in [1.82, 2.24) is 10.3 Å². The Balaban J connectivity index is 1.66. The summed E-state index contributed by atoms with van der Waals surface area (Å²) < 4.78 is 5.09. The van der Waals surface area contributed by atoms with E-state index in [4.69, 9.17) is 16.3 Å². The molecule has 2 aromatic carbocycles. The number of pyridine rings is 1. The Kier molecular flexibility index (Phi) is 6.24. The topological polar surface area (TPSA) is 80.3 Å². The molecule has 0 saturated heterocycles. The van der Waals surface area contributed by atoms with Gasteiger partial charge in [-0.25, -0.2) is 0 Å². The van der Waals surface area contributed by atoms with E-state index < -0.39 is 0 Å². The molecule has 0 radical (unpaired) electrons. The summed E-state index contributed by atoms with van der Waals surface area (Å²) in [6, 6.07) is 15.7. The number of benzene rings is 2. The molecule has 3 aromatic rings. The molecule has 1 heterocycles. The second-order valence-corrected chi connectivity index (χ2v) is 6.33. The van der Waals surface area contributed by atoms with Crippen molar-refractivity contribution in [3.05, 3.63) is 88.7 Å². The first-order valence-corrected chi connectivity index (χ1v) is 8.86. The van der Waals surface area contributed by atoms with Crippen LogP contribution >= 0.6 is 11.6 Å². The van der Waals surface area contributed by atoms with Crippen molar-refractivity contribution in [2.24, 2.45) is 0 Å². The monoisotopic (exact) mass is 395 g/mol. The molecule has 3 rings (SSSR count). The van der Waals surface area contributed by atoms with Gasteiger partial charge >= 0.3 is 0 Å². The number of aromatic nitrogens is 1. The molecular formula is C21H18ClN3O3. The standard InChI is InChI=1S/C21H18ClN3O3/c1-28-18-8-6-17(7-9-18)25-21(27)16-10-15(11-23-12-16)20(26)24-13-14-4-2-3-5-19(14)22/h2-12H,13H2,1H3,(H,24,26)(H,25,27). The molecule has 2 amide bonds. The molecule has 0 unspecified atom stereocenters. The number of nitrogens with one attached hydrogen (secondary N) is 2. The largest absolute Gasteiger partial charge is 0.497 e. The minimum atomic E-state index is -0.363. The fourth-order valence-electron chi connectivity index (χ4n) is 2.49. The first kappa shape index (κ1) is 19.4. The van der Waals surface area contributed by atoms with Crippen molar-refractivity contribution in [1.29, 1.82) is 0 Å². The third-order valence-electron chi connectivity index (χ3n) is 4.01. The number of hydrogen-bond acceptors (Lipinski definition) is 4. The number of rotatable bonds is 6. The predicted octanol–water partition coefficient (Wildman–Crippen LogP) is 3.93. The van der Waals surface area contributed by atoms with Gasteiger partial charge in [0.1, 0.15) is 5.75 Å². The van der Waals surface area contributed by atoms with E-state index >= 15 is 0 Å². The summed E-state index contributed by atoms with van der Waals surface area (Å²) in [6.07, 6.45) is 2.82. The van der Waals surface area contributed by atoms with Crippen molar-refractivity contribution >= 4 is 29.1 Å². The highest BCUT2D eigenvalue weighted by Crippen LogP contribution is 2.17. The molecule has 0 aliphatic heterocycles. The minimum Gasteiger partial charge on any atom is -0.497 e. The number of carbonyl (C=O) groups excluding carboxylic acids is 2. The number of carbonyl (C=O) groups is 2. The Labute approximate surface area is 167 Å². The van der Waals surface area contributed by atoms with Gasteiger partial charge in [0.15, 0.2) is 0 Å². The van der Waals surface area contributed by atoms with Crippen LogP contribution in [-0.2, 0) is 6.54 Å². The Morgan fingerprint density at radius 1 is 1.00 bits per heavy atom. The van der Waals surface area contributed by atoms with Gasteiger partial charge in [0.05, 0.1) is 18.2 Å². The molecule has 0 saturated carbocycles. The SMILES string of the molecule is COc1ccc(NC(=O)c2cncc(C(=O)NCc3ccccc3Cl)c2)cc1. The maximum absolute atomic E-state index is 12.4. The number of nitrogens with zero attached hydrogens (tertiary/aromatic N) is 1. The number of halogens is 1. The number of methoxy groups -OCH3 is 1. The lowest BCUT2D eigenvalue weighted by molar-refractivity contribution is 0.0950. The lowest BCUT2D eigenvalue weighted by atomic mass is 10.1. The van der Waals surface area contributed by atoms with Crippen molar-refractivity contribution in [2.45, 2.75) is 6.54 Å². The molecule has 0 aliphatic rings. The zero-order chi connectivity index (χ0) is 19.9. The molecule has 2 N–H and O–H groups in total. The molecule has 7 heteroatoms. The van der Waals surface area contributed by atoms with Crippen LogP contribution in [0.25, 0.3) is 0 Å².